The van der Waals surface area contributed by atoms with Crippen molar-refractivity contribution in [2.75, 3.05) is 4.90 Å². The number of fused-ring (bicyclic) bond motifs is 6. The van der Waals surface area contributed by atoms with Gasteiger partial charge >= 0.3 is 0 Å². The van der Waals surface area contributed by atoms with Crippen molar-refractivity contribution in [2.45, 2.75) is 0 Å². The molecule has 0 N–H and O–H groups in total. The van der Waals surface area contributed by atoms with Crippen molar-refractivity contribution in [3.63, 3.8) is 0 Å². The minimum atomic E-state index is 0.900. The first-order valence-corrected chi connectivity index (χ1v) is 21.5. The minimum Gasteiger partial charge on any atom is -0.455 e. The van der Waals surface area contributed by atoms with Crippen LogP contribution in [0.3, 0.4) is 0 Å². The molecule has 2 heterocycles. The number of aromatic nitrogens is 1. The number of furan rings is 1. The Labute approximate surface area is 366 Å². The smallest absolute Gasteiger partial charge is 0.143 e. The summed E-state index contributed by atoms with van der Waals surface area (Å²) in [6.07, 6.45) is 0. The van der Waals surface area contributed by atoms with Crippen molar-refractivity contribution in [3.8, 4) is 50.2 Å². The molecule has 12 rings (SSSR count). The lowest BCUT2D eigenvalue weighted by Gasteiger charge is -2.28. The first-order chi connectivity index (χ1) is 31.3. The van der Waals surface area contributed by atoms with E-state index in [2.05, 4.69) is 240 Å². The summed E-state index contributed by atoms with van der Waals surface area (Å²) in [5, 5.41) is 4.75. The average molecular weight is 805 g/mol. The molecule has 0 aliphatic heterocycles. The standard InChI is InChI=1S/C60H40N2O/c1-2-18-41(19-3-1)47-23-6-11-31-55(47)61(44-38-36-42(37-39-44)46-22-4-5-25-49(46)53-29-17-30-54-52-28-10-15-35-59(52)63-60(53)54)45-21-16-20-43(40-45)48-24-7-12-32-56(48)62-57-33-13-8-26-50(57)51-27-9-14-34-58(51)62/h1-40H. The summed E-state index contributed by atoms with van der Waals surface area (Å²) in [5.41, 5.74) is 17.7. The molecule has 0 radical (unpaired) electrons. The molecule has 63 heavy (non-hydrogen) atoms. The zero-order chi connectivity index (χ0) is 41.7. The van der Waals surface area contributed by atoms with Gasteiger partial charge in [0.2, 0.25) is 0 Å². The molecule has 0 unspecified atom stereocenters. The highest BCUT2D eigenvalue weighted by molar-refractivity contribution is 6.11. The Morgan fingerprint density at radius 2 is 0.857 bits per heavy atom. The zero-order valence-corrected chi connectivity index (χ0v) is 34.4. The monoisotopic (exact) mass is 804 g/mol. The third-order valence-electron chi connectivity index (χ3n) is 12.4. The van der Waals surface area contributed by atoms with Gasteiger partial charge in [-0.25, -0.2) is 0 Å². The molecular formula is C60H40N2O. The molecule has 0 saturated carbocycles. The Hall–Kier alpha value is -8.40. The van der Waals surface area contributed by atoms with Crippen molar-refractivity contribution < 1.29 is 4.42 Å². The van der Waals surface area contributed by atoms with Crippen LogP contribution in [0.2, 0.25) is 0 Å². The number of para-hydroxylation sites is 6. The van der Waals surface area contributed by atoms with Gasteiger partial charge in [0.15, 0.2) is 0 Å². The fourth-order valence-electron chi connectivity index (χ4n) is 9.58. The number of anilines is 3. The van der Waals surface area contributed by atoms with Gasteiger partial charge in [-0.3, -0.25) is 0 Å². The van der Waals surface area contributed by atoms with Crippen LogP contribution in [-0.4, -0.2) is 4.57 Å². The molecule has 0 bridgehead atoms. The van der Waals surface area contributed by atoms with Gasteiger partial charge in [-0.05, 0) is 82.4 Å². The molecule has 0 atom stereocenters. The predicted octanol–water partition coefficient (Wildman–Crippen LogP) is 16.8. The van der Waals surface area contributed by atoms with E-state index in [1.807, 2.05) is 12.1 Å². The third kappa shape index (κ3) is 6.21. The second kappa shape index (κ2) is 15.3. The summed E-state index contributed by atoms with van der Waals surface area (Å²) in [6, 6.07) is 87.1. The Bertz CT molecular complexity index is 3580. The van der Waals surface area contributed by atoms with Crippen LogP contribution in [0.1, 0.15) is 0 Å². The van der Waals surface area contributed by atoms with Gasteiger partial charge in [0.25, 0.3) is 0 Å². The second-order valence-electron chi connectivity index (χ2n) is 16.0. The summed E-state index contributed by atoms with van der Waals surface area (Å²) in [5.74, 6) is 0. The molecule has 0 aliphatic carbocycles. The van der Waals surface area contributed by atoms with Gasteiger partial charge in [-0.2, -0.15) is 0 Å². The molecule has 0 aliphatic rings. The maximum atomic E-state index is 6.52. The molecular weight excluding hydrogens is 765 g/mol. The van der Waals surface area contributed by atoms with E-state index in [0.717, 1.165) is 89.2 Å². The van der Waals surface area contributed by atoms with Crippen molar-refractivity contribution >= 4 is 60.8 Å². The van der Waals surface area contributed by atoms with Crippen LogP contribution in [0.25, 0.3) is 93.9 Å². The largest absolute Gasteiger partial charge is 0.455 e. The molecule has 296 valence electrons. The summed E-state index contributed by atoms with van der Waals surface area (Å²) >= 11 is 0. The van der Waals surface area contributed by atoms with Gasteiger partial charge in [-0.1, -0.05) is 188 Å². The maximum Gasteiger partial charge on any atom is 0.143 e. The van der Waals surface area contributed by atoms with Crippen LogP contribution in [-0.2, 0) is 0 Å². The lowest BCUT2D eigenvalue weighted by Crippen LogP contribution is -2.11. The summed E-state index contributed by atoms with van der Waals surface area (Å²) < 4.78 is 8.94. The maximum absolute atomic E-state index is 6.52. The van der Waals surface area contributed by atoms with E-state index in [4.69, 9.17) is 4.42 Å². The van der Waals surface area contributed by atoms with Crippen molar-refractivity contribution in [1.82, 2.24) is 4.57 Å². The average Bonchev–Trinajstić information content (AvgIpc) is 3.91. The number of benzene rings is 10. The lowest BCUT2D eigenvalue weighted by atomic mass is 9.93. The van der Waals surface area contributed by atoms with Gasteiger partial charge in [0, 0.05) is 49.6 Å². The lowest BCUT2D eigenvalue weighted by molar-refractivity contribution is 0.670. The van der Waals surface area contributed by atoms with Crippen molar-refractivity contribution in [3.05, 3.63) is 243 Å². The van der Waals surface area contributed by atoms with E-state index in [-0.39, 0.29) is 0 Å². The highest BCUT2D eigenvalue weighted by Gasteiger charge is 2.21. The molecule has 12 aromatic rings. The molecule has 0 amide bonds. The fraction of sp³-hybridized carbons (Fsp3) is 0. The first-order valence-electron chi connectivity index (χ1n) is 21.5. The van der Waals surface area contributed by atoms with E-state index in [1.54, 1.807) is 0 Å². The Balaban J connectivity index is 1.00. The molecule has 3 nitrogen and oxygen atoms in total. The summed E-state index contributed by atoms with van der Waals surface area (Å²) in [6.45, 7) is 0. The molecule has 3 heteroatoms. The minimum absolute atomic E-state index is 0.900. The molecule has 0 spiro atoms. The number of rotatable bonds is 8. The van der Waals surface area contributed by atoms with Gasteiger partial charge in [-0.15, -0.1) is 0 Å². The first kappa shape index (κ1) is 36.5. The van der Waals surface area contributed by atoms with Crippen LogP contribution >= 0.6 is 0 Å². The highest BCUT2D eigenvalue weighted by atomic mass is 16.3. The Kier molecular flexibility index (Phi) is 8.83. The van der Waals surface area contributed by atoms with Crippen LogP contribution < -0.4 is 4.90 Å². The van der Waals surface area contributed by atoms with Crippen LogP contribution in [0, 0.1) is 0 Å². The molecule has 0 saturated heterocycles. The van der Waals surface area contributed by atoms with Crippen LogP contribution in [0.5, 0.6) is 0 Å². The van der Waals surface area contributed by atoms with Crippen molar-refractivity contribution in [2.24, 2.45) is 0 Å². The van der Waals surface area contributed by atoms with E-state index in [9.17, 15) is 0 Å². The number of hydrogen-bond donors (Lipinski definition) is 0. The number of nitrogens with zero attached hydrogens (tertiary/aromatic N) is 2. The molecule has 0 fully saturated rings. The summed E-state index contributed by atoms with van der Waals surface area (Å²) in [4.78, 5) is 2.40. The fourth-order valence-corrected chi connectivity index (χ4v) is 9.58. The van der Waals surface area contributed by atoms with E-state index < -0.39 is 0 Å². The van der Waals surface area contributed by atoms with Crippen LogP contribution in [0.4, 0.5) is 17.1 Å². The highest BCUT2D eigenvalue weighted by Crippen LogP contribution is 2.45. The molecule has 10 aromatic carbocycles. The SMILES string of the molecule is c1ccc(-c2ccccc2N(c2ccc(-c3ccccc3-c3cccc4c3oc3ccccc34)cc2)c2cccc(-c3ccccc3-n3c4ccccc4c4ccccc43)c2)cc1. The normalized spacial score (nSPS) is 11.5. The zero-order valence-electron chi connectivity index (χ0n) is 34.4. The van der Waals surface area contributed by atoms with E-state index >= 15 is 0 Å². The van der Waals surface area contributed by atoms with E-state index in [1.165, 1.54) is 21.8 Å². The predicted molar refractivity (Wildman–Crippen MR) is 264 cm³/mol. The third-order valence-corrected chi connectivity index (χ3v) is 12.4. The van der Waals surface area contributed by atoms with Gasteiger partial charge < -0.3 is 13.9 Å². The van der Waals surface area contributed by atoms with Gasteiger partial charge in [0.05, 0.1) is 22.4 Å². The second-order valence-corrected chi connectivity index (χ2v) is 16.0. The summed E-state index contributed by atoms with van der Waals surface area (Å²) in [7, 11) is 0. The Morgan fingerprint density at radius 3 is 1.63 bits per heavy atom. The topological polar surface area (TPSA) is 21.3 Å². The Morgan fingerprint density at radius 1 is 0.317 bits per heavy atom. The van der Waals surface area contributed by atoms with Crippen LogP contribution in [0.15, 0.2) is 247 Å². The molecule has 2 aromatic heterocycles. The van der Waals surface area contributed by atoms with Crippen molar-refractivity contribution in [1.29, 1.82) is 0 Å². The number of hydrogen-bond acceptors (Lipinski definition) is 2. The van der Waals surface area contributed by atoms with E-state index in [0.29, 0.717) is 0 Å². The quantitative estimate of drug-likeness (QED) is 0.153. The van der Waals surface area contributed by atoms with Gasteiger partial charge in [0.1, 0.15) is 11.2 Å².